The summed E-state index contributed by atoms with van der Waals surface area (Å²) < 4.78 is 22.6. The molecule has 0 spiro atoms. The molecule has 0 aliphatic heterocycles. The summed E-state index contributed by atoms with van der Waals surface area (Å²) >= 11 is 0. The summed E-state index contributed by atoms with van der Waals surface area (Å²) in [6, 6.07) is 6.62. The van der Waals surface area contributed by atoms with Crippen LogP contribution in [0.3, 0.4) is 0 Å². The fourth-order valence-electron chi connectivity index (χ4n) is 1.74. The Bertz CT molecular complexity index is 476. The Hall–Kier alpha value is -0.910. The summed E-state index contributed by atoms with van der Waals surface area (Å²) in [6.07, 6.45) is 0.0794. The zero-order valence-corrected chi connectivity index (χ0v) is 11.7. The molecule has 102 valence electrons. The molecule has 1 aromatic rings. The van der Waals surface area contributed by atoms with Crippen LogP contribution >= 0.6 is 0 Å². The standard InChI is InChI=1S/C13H20O4S/c1-9(8-13(15)10(2)14)11-4-6-12(7-5-11)18(3,16)17/h4-7,9-10,13-15H,8H2,1-3H3. The van der Waals surface area contributed by atoms with E-state index < -0.39 is 22.0 Å². The topological polar surface area (TPSA) is 74.6 Å². The largest absolute Gasteiger partial charge is 0.391 e. The van der Waals surface area contributed by atoms with Crippen LogP contribution in [-0.2, 0) is 9.84 Å². The number of aliphatic hydroxyl groups is 2. The molecule has 0 aliphatic rings. The monoisotopic (exact) mass is 272 g/mol. The van der Waals surface area contributed by atoms with Gasteiger partial charge in [0.05, 0.1) is 17.1 Å². The Kier molecular flexibility index (Phi) is 4.90. The zero-order valence-electron chi connectivity index (χ0n) is 10.9. The van der Waals surface area contributed by atoms with Crippen LogP contribution in [0.25, 0.3) is 0 Å². The lowest BCUT2D eigenvalue weighted by atomic mass is 9.93. The number of sulfone groups is 1. The summed E-state index contributed by atoms with van der Waals surface area (Å²) in [7, 11) is -3.17. The summed E-state index contributed by atoms with van der Waals surface area (Å²) in [4.78, 5) is 0.287. The molecule has 18 heavy (non-hydrogen) atoms. The maximum atomic E-state index is 11.3. The predicted octanol–water partition coefficient (Wildman–Crippen LogP) is 1.33. The van der Waals surface area contributed by atoms with Gasteiger partial charge in [0.2, 0.25) is 0 Å². The van der Waals surface area contributed by atoms with E-state index in [1.54, 1.807) is 31.2 Å². The van der Waals surface area contributed by atoms with Crippen LogP contribution in [-0.4, -0.2) is 37.1 Å². The van der Waals surface area contributed by atoms with Gasteiger partial charge in [0.25, 0.3) is 0 Å². The number of rotatable bonds is 5. The van der Waals surface area contributed by atoms with E-state index in [1.165, 1.54) is 6.26 Å². The molecule has 5 heteroatoms. The molecule has 2 N–H and O–H groups in total. The van der Waals surface area contributed by atoms with Crippen molar-refractivity contribution in [1.29, 1.82) is 0 Å². The first-order chi connectivity index (χ1) is 8.21. The molecule has 0 amide bonds. The molecule has 0 fully saturated rings. The van der Waals surface area contributed by atoms with Crippen LogP contribution < -0.4 is 0 Å². The highest BCUT2D eigenvalue weighted by molar-refractivity contribution is 7.90. The van der Waals surface area contributed by atoms with Crippen molar-refractivity contribution in [1.82, 2.24) is 0 Å². The maximum Gasteiger partial charge on any atom is 0.175 e. The second kappa shape index (κ2) is 5.82. The molecule has 0 bridgehead atoms. The van der Waals surface area contributed by atoms with Gasteiger partial charge >= 0.3 is 0 Å². The lowest BCUT2D eigenvalue weighted by Gasteiger charge is -2.19. The van der Waals surface area contributed by atoms with Crippen LogP contribution in [0, 0.1) is 0 Å². The molecule has 0 aromatic heterocycles. The van der Waals surface area contributed by atoms with Gasteiger partial charge in [0.15, 0.2) is 9.84 Å². The van der Waals surface area contributed by atoms with Crippen LogP contribution in [0.1, 0.15) is 31.7 Å². The minimum atomic E-state index is -3.17. The molecular formula is C13H20O4S. The molecule has 3 atom stereocenters. The number of benzene rings is 1. The first-order valence-electron chi connectivity index (χ1n) is 5.88. The van der Waals surface area contributed by atoms with Crippen molar-refractivity contribution < 1.29 is 18.6 Å². The molecule has 0 heterocycles. The van der Waals surface area contributed by atoms with Gasteiger partial charge in [-0.15, -0.1) is 0 Å². The summed E-state index contributed by atoms with van der Waals surface area (Å²) in [5.41, 5.74) is 0.946. The Morgan fingerprint density at radius 2 is 1.61 bits per heavy atom. The minimum Gasteiger partial charge on any atom is -0.391 e. The Balaban J connectivity index is 2.80. The van der Waals surface area contributed by atoms with E-state index in [4.69, 9.17) is 0 Å². The molecule has 3 unspecified atom stereocenters. The molecule has 0 saturated carbocycles. The van der Waals surface area contributed by atoms with Crippen molar-refractivity contribution in [3.63, 3.8) is 0 Å². The first kappa shape index (κ1) is 15.1. The van der Waals surface area contributed by atoms with E-state index in [2.05, 4.69) is 0 Å². The van der Waals surface area contributed by atoms with E-state index >= 15 is 0 Å². The van der Waals surface area contributed by atoms with Crippen molar-refractivity contribution in [2.75, 3.05) is 6.26 Å². The Morgan fingerprint density at radius 1 is 1.11 bits per heavy atom. The quantitative estimate of drug-likeness (QED) is 0.848. The minimum absolute atomic E-state index is 0.0585. The SMILES string of the molecule is CC(CC(O)C(C)O)c1ccc(S(C)(=O)=O)cc1. The van der Waals surface area contributed by atoms with Gasteiger partial charge in [0.1, 0.15) is 0 Å². The van der Waals surface area contributed by atoms with Crippen molar-refractivity contribution in [2.45, 2.75) is 43.3 Å². The van der Waals surface area contributed by atoms with Gasteiger partial charge in [-0.1, -0.05) is 19.1 Å². The second-order valence-electron chi connectivity index (χ2n) is 4.79. The third kappa shape index (κ3) is 4.08. The van der Waals surface area contributed by atoms with Crippen molar-refractivity contribution in [3.05, 3.63) is 29.8 Å². The summed E-state index contributed by atoms with van der Waals surface area (Å²) in [5, 5.41) is 18.8. The van der Waals surface area contributed by atoms with E-state index in [1.807, 2.05) is 6.92 Å². The van der Waals surface area contributed by atoms with Gasteiger partial charge in [0, 0.05) is 6.26 Å². The third-order valence-corrected chi connectivity index (χ3v) is 4.16. The molecular weight excluding hydrogens is 252 g/mol. The lowest BCUT2D eigenvalue weighted by molar-refractivity contribution is 0.0227. The molecule has 1 rings (SSSR count). The molecule has 4 nitrogen and oxygen atoms in total. The number of hydrogen-bond donors (Lipinski definition) is 2. The van der Waals surface area contributed by atoms with Gasteiger partial charge < -0.3 is 10.2 Å². The van der Waals surface area contributed by atoms with Gasteiger partial charge in [-0.05, 0) is 37.0 Å². The first-order valence-corrected chi connectivity index (χ1v) is 7.77. The van der Waals surface area contributed by atoms with Crippen LogP contribution in [0.15, 0.2) is 29.2 Å². The average molecular weight is 272 g/mol. The van der Waals surface area contributed by atoms with E-state index in [0.717, 1.165) is 5.56 Å². The van der Waals surface area contributed by atoms with Crippen LogP contribution in [0.2, 0.25) is 0 Å². The molecule has 0 radical (unpaired) electrons. The summed E-state index contributed by atoms with van der Waals surface area (Å²) in [5.74, 6) is 0.0585. The van der Waals surface area contributed by atoms with Crippen LogP contribution in [0.4, 0.5) is 0 Å². The molecule has 1 aromatic carbocycles. The predicted molar refractivity (Wildman–Crippen MR) is 70.3 cm³/mol. The van der Waals surface area contributed by atoms with E-state index in [-0.39, 0.29) is 10.8 Å². The number of aliphatic hydroxyl groups excluding tert-OH is 2. The van der Waals surface area contributed by atoms with Gasteiger partial charge in [-0.3, -0.25) is 0 Å². The van der Waals surface area contributed by atoms with Crippen molar-refractivity contribution >= 4 is 9.84 Å². The second-order valence-corrected chi connectivity index (χ2v) is 6.80. The van der Waals surface area contributed by atoms with Crippen LogP contribution in [0.5, 0.6) is 0 Å². The highest BCUT2D eigenvalue weighted by Crippen LogP contribution is 2.23. The Morgan fingerprint density at radius 3 is 2.00 bits per heavy atom. The van der Waals surface area contributed by atoms with Crippen molar-refractivity contribution in [3.8, 4) is 0 Å². The fraction of sp³-hybridized carbons (Fsp3) is 0.538. The maximum absolute atomic E-state index is 11.3. The summed E-state index contributed by atoms with van der Waals surface area (Å²) in [6.45, 7) is 3.48. The highest BCUT2D eigenvalue weighted by atomic mass is 32.2. The Labute approximate surface area is 108 Å². The zero-order chi connectivity index (χ0) is 13.9. The van der Waals surface area contributed by atoms with Gasteiger partial charge in [-0.25, -0.2) is 8.42 Å². The highest BCUT2D eigenvalue weighted by Gasteiger charge is 2.16. The smallest absolute Gasteiger partial charge is 0.175 e. The van der Waals surface area contributed by atoms with Crippen molar-refractivity contribution in [2.24, 2.45) is 0 Å². The third-order valence-electron chi connectivity index (χ3n) is 3.03. The molecule has 0 aliphatic carbocycles. The van der Waals surface area contributed by atoms with Gasteiger partial charge in [-0.2, -0.15) is 0 Å². The normalized spacial score (nSPS) is 17.2. The fourth-order valence-corrected chi connectivity index (χ4v) is 2.37. The molecule has 0 saturated heterocycles. The lowest BCUT2D eigenvalue weighted by Crippen LogP contribution is -2.24. The van der Waals surface area contributed by atoms with E-state index in [9.17, 15) is 18.6 Å². The average Bonchev–Trinajstić information content (AvgIpc) is 2.27. The van der Waals surface area contributed by atoms with E-state index in [0.29, 0.717) is 6.42 Å². The number of hydrogen-bond acceptors (Lipinski definition) is 4.